The van der Waals surface area contributed by atoms with E-state index in [0.717, 1.165) is 10.7 Å². The zero-order chi connectivity index (χ0) is 19.0. The molecule has 2 heterocycles. The van der Waals surface area contributed by atoms with Crippen LogP contribution in [0, 0.1) is 0 Å². The van der Waals surface area contributed by atoms with Crippen LogP contribution in [0.3, 0.4) is 0 Å². The molecule has 0 amide bonds. The van der Waals surface area contributed by atoms with E-state index in [1.54, 1.807) is 29.8 Å². The van der Waals surface area contributed by atoms with Crippen molar-refractivity contribution in [2.45, 2.75) is 0 Å². The molecule has 3 aromatic rings. The van der Waals surface area contributed by atoms with Gasteiger partial charge in [-0.25, -0.2) is 19.8 Å². The van der Waals surface area contributed by atoms with Crippen LogP contribution in [-0.2, 0) is 7.05 Å². The van der Waals surface area contributed by atoms with Crippen LogP contribution in [0.1, 0.15) is 15.2 Å². The fourth-order valence-electron chi connectivity index (χ4n) is 2.56. The molecule has 2 aromatic carbocycles. The van der Waals surface area contributed by atoms with Crippen molar-refractivity contribution >= 4 is 29.1 Å². The minimum Gasteiger partial charge on any atom is -0.493 e. The Morgan fingerprint density at radius 1 is 1.11 bits per heavy atom. The summed E-state index contributed by atoms with van der Waals surface area (Å²) in [5.74, 6) is -0.402. The summed E-state index contributed by atoms with van der Waals surface area (Å²) < 4.78 is 1.56. The molecule has 1 aliphatic rings. The summed E-state index contributed by atoms with van der Waals surface area (Å²) in [4.78, 5) is 25.4. The Kier molecular flexibility index (Phi) is 4.17. The van der Waals surface area contributed by atoms with Gasteiger partial charge in [-0.1, -0.05) is 23.5 Å². The van der Waals surface area contributed by atoms with Gasteiger partial charge in [0.15, 0.2) is 10.6 Å². The van der Waals surface area contributed by atoms with Crippen LogP contribution in [0.15, 0.2) is 69.3 Å². The molecule has 1 aliphatic heterocycles. The molecular weight excluding hydrogens is 364 g/mol. The number of aromatic hydroxyl groups is 1. The molecule has 2 N–H and O–H groups in total. The van der Waals surface area contributed by atoms with Gasteiger partial charge in [0.25, 0.3) is 0 Å². The first-order valence-electron chi connectivity index (χ1n) is 8.02. The number of carboxylic acid groups (broad SMARTS) is 1. The van der Waals surface area contributed by atoms with Crippen molar-refractivity contribution in [2.75, 3.05) is 0 Å². The molecular formula is C19H14N4O3S. The van der Waals surface area contributed by atoms with Gasteiger partial charge in [0.1, 0.15) is 0 Å². The van der Waals surface area contributed by atoms with Crippen molar-refractivity contribution in [3.63, 3.8) is 0 Å². The van der Waals surface area contributed by atoms with Gasteiger partial charge in [-0.05, 0) is 36.4 Å². The summed E-state index contributed by atoms with van der Waals surface area (Å²) in [6.45, 7) is 0. The van der Waals surface area contributed by atoms with Gasteiger partial charge in [0.2, 0.25) is 5.88 Å². The van der Waals surface area contributed by atoms with Crippen LogP contribution in [0.25, 0.3) is 6.08 Å². The largest absolute Gasteiger partial charge is 0.493 e. The Hall–Kier alpha value is -3.52. The monoisotopic (exact) mass is 378 g/mol. The lowest BCUT2D eigenvalue weighted by Crippen LogP contribution is -2.19. The summed E-state index contributed by atoms with van der Waals surface area (Å²) in [6, 6.07) is 13.8. The van der Waals surface area contributed by atoms with E-state index in [1.165, 1.54) is 23.5 Å². The molecule has 0 fully saturated rings. The van der Waals surface area contributed by atoms with Crippen molar-refractivity contribution in [3.8, 4) is 5.88 Å². The van der Waals surface area contributed by atoms with Crippen molar-refractivity contribution in [2.24, 2.45) is 22.0 Å². The van der Waals surface area contributed by atoms with E-state index in [-0.39, 0.29) is 11.4 Å². The second-order valence-corrected chi connectivity index (χ2v) is 6.82. The summed E-state index contributed by atoms with van der Waals surface area (Å²) in [5, 5.41) is 21.0. The second kappa shape index (κ2) is 6.65. The number of hydrogen-bond acceptors (Lipinski definition) is 6. The third-order valence-corrected chi connectivity index (χ3v) is 5.05. The molecule has 0 radical (unpaired) electrons. The van der Waals surface area contributed by atoms with Crippen molar-refractivity contribution in [1.29, 1.82) is 0 Å². The predicted molar refractivity (Wildman–Crippen MR) is 100 cm³/mol. The lowest BCUT2D eigenvalue weighted by Gasteiger charge is -1.96. The van der Waals surface area contributed by atoms with E-state index in [9.17, 15) is 9.90 Å². The number of aromatic nitrogens is 1. The number of benzene rings is 2. The minimum absolute atomic E-state index is 0.0646. The fourth-order valence-corrected chi connectivity index (χ4v) is 3.52. The smallest absolute Gasteiger partial charge is 0.335 e. The van der Waals surface area contributed by atoms with Crippen LogP contribution in [0.5, 0.6) is 5.88 Å². The van der Waals surface area contributed by atoms with E-state index in [2.05, 4.69) is 15.0 Å². The van der Waals surface area contributed by atoms with Crippen LogP contribution >= 0.6 is 11.3 Å². The van der Waals surface area contributed by atoms with Crippen molar-refractivity contribution in [1.82, 2.24) is 4.57 Å². The highest BCUT2D eigenvalue weighted by Crippen LogP contribution is 2.24. The number of rotatable bonds is 3. The Bertz CT molecular complexity index is 1230. The quantitative estimate of drug-likeness (QED) is 0.729. The molecule has 0 saturated carbocycles. The van der Waals surface area contributed by atoms with E-state index < -0.39 is 5.97 Å². The number of carbonyl (C=O) groups is 1. The number of hydrogen-bond donors (Lipinski definition) is 2. The molecule has 0 unspecified atom stereocenters. The SMILES string of the molecule is Cn1c(O)c(C=C2N=c3ccccc3=N2)sc1=Nc1ccc(C(=O)O)cc1. The maximum absolute atomic E-state index is 10.9. The summed E-state index contributed by atoms with van der Waals surface area (Å²) in [7, 11) is 1.70. The van der Waals surface area contributed by atoms with Crippen molar-refractivity contribution in [3.05, 3.63) is 80.3 Å². The Balaban J connectivity index is 1.73. The fraction of sp³-hybridized carbons (Fsp3) is 0.0526. The molecule has 0 spiro atoms. The van der Waals surface area contributed by atoms with E-state index in [1.807, 2.05) is 24.3 Å². The molecule has 4 rings (SSSR count). The maximum Gasteiger partial charge on any atom is 0.335 e. The molecule has 1 aromatic heterocycles. The number of fused-ring (bicyclic) bond motifs is 1. The highest BCUT2D eigenvalue weighted by Gasteiger charge is 2.11. The van der Waals surface area contributed by atoms with Gasteiger partial charge in [-0.15, -0.1) is 0 Å². The first kappa shape index (κ1) is 16.9. The zero-order valence-corrected chi connectivity index (χ0v) is 15.0. The van der Waals surface area contributed by atoms with Gasteiger partial charge in [-0.2, -0.15) is 0 Å². The molecule has 0 atom stereocenters. The van der Waals surface area contributed by atoms with Crippen LogP contribution in [0.2, 0.25) is 0 Å². The van der Waals surface area contributed by atoms with E-state index in [0.29, 0.717) is 21.2 Å². The third kappa shape index (κ3) is 3.30. The van der Waals surface area contributed by atoms with Crippen molar-refractivity contribution < 1.29 is 15.0 Å². The highest BCUT2D eigenvalue weighted by molar-refractivity contribution is 7.10. The average molecular weight is 378 g/mol. The third-order valence-electron chi connectivity index (χ3n) is 3.98. The summed E-state index contributed by atoms with van der Waals surface area (Å²) in [6.07, 6.45) is 1.71. The van der Waals surface area contributed by atoms with Crippen LogP contribution in [0.4, 0.5) is 5.69 Å². The molecule has 7 nitrogen and oxygen atoms in total. The first-order valence-corrected chi connectivity index (χ1v) is 8.84. The van der Waals surface area contributed by atoms with Crippen LogP contribution in [-0.4, -0.2) is 20.7 Å². The summed E-state index contributed by atoms with van der Waals surface area (Å²) in [5.41, 5.74) is 0.792. The maximum atomic E-state index is 10.9. The van der Waals surface area contributed by atoms with Gasteiger partial charge < -0.3 is 10.2 Å². The van der Waals surface area contributed by atoms with Gasteiger partial charge in [0.05, 0.1) is 26.8 Å². The number of aromatic carboxylic acids is 1. The van der Waals surface area contributed by atoms with E-state index in [4.69, 9.17) is 5.11 Å². The molecule has 8 heteroatoms. The normalized spacial score (nSPS) is 13.1. The molecule has 0 saturated heterocycles. The predicted octanol–water partition coefficient (Wildman–Crippen LogP) is 1.97. The van der Waals surface area contributed by atoms with Crippen LogP contribution < -0.4 is 15.5 Å². The Labute approximate surface area is 157 Å². The van der Waals surface area contributed by atoms with Gasteiger partial charge >= 0.3 is 5.97 Å². The number of nitrogens with zero attached hydrogens (tertiary/aromatic N) is 4. The number of carboxylic acids is 1. The lowest BCUT2D eigenvalue weighted by atomic mass is 10.2. The van der Waals surface area contributed by atoms with Gasteiger partial charge in [-0.3, -0.25) is 4.57 Å². The molecule has 0 bridgehead atoms. The highest BCUT2D eigenvalue weighted by atomic mass is 32.1. The summed E-state index contributed by atoms with van der Waals surface area (Å²) >= 11 is 1.29. The first-order chi connectivity index (χ1) is 13.0. The molecule has 27 heavy (non-hydrogen) atoms. The number of thiazole rings is 1. The standard InChI is InChI=1S/C19H14N4O3S/c1-23-17(24)15(10-16-21-13-4-2-3-5-14(13)22-16)27-19(23)20-12-8-6-11(7-9-12)18(25)26/h2-10,24H,1H3,(H,25,26). The lowest BCUT2D eigenvalue weighted by molar-refractivity contribution is 0.0697. The van der Waals surface area contributed by atoms with E-state index >= 15 is 0 Å². The molecule has 0 aliphatic carbocycles. The molecule has 134 valence electrons. The zero-order valence-electron chi connectivity index (χ0n) is 14.2. The topological polar surface area (TPSA) is 99.5 Å². The number of para-hydroxylation sites is 2. The van der Waals surface area contributed by atoms with Gasteiger partial charge in [0, 0.05) is 13.1 Å². The minimum atomic E-state index is -0.986. The average Bonchev–Trinajstić information content (AvgIpc) is 3.18. The second-order valence-electron chi connectivity index (χ2n) is 5.81. The Morgan fingerprint density at radius 2 is 1.74 bits per heavy atom. The Morgan fingerprint density at radius 3 is 2.33 bits per heavy atom.